The summed E-state index contributed by atoms with van der Waals surface area (Å²) < 4.78 is 0. The molecule has 1 spiro atoms. The van der Waals surface area contributed by atoms with Crippen molar-refractivity contribution < 1.29 is 9.59 Å². The number of rotatable bonds is 2. The van der Waals surface area contributed by atoms with Crippen LogP contribution in [0.5, 0.6) is 0 Å². The summed E-state index contributed by atoms with van der Waals surface area (Å²) in [7, 11) is 0. The van der Waals surface area contributed by atoms with Crippen LogP contribution < -0.4 is 5.32 Å². The molecule has 1 amide bonds. The molecule has 0 bridgehead atoms. The van der Waals surface area contributed by atoms with Gasteiger partial charge in [-0.25, -0.2) is 0 Å². The lowest BCUT2D eigenvalue weighted by Gasteiger charge is -2.33. The van der Waals surface area contributed by atoms with E-state index in [1.165, 1.54) is 24.0 Å². The molecule has 2 aromatic carbocycles. The Kier molecular flexibility index (Phi) is 3.15. The molecule has 1 heterocycles. The van der Waals surface area contributed by atoms with Gasteiger partial charge < -0.3 is 5.32 Å². The minimum atomic E-state index is -0.186. The number of benzene rings is 2. The van der Waals surface area contributed by atoms with Crippen LogP contribution in [0.25, 0.3) is 11.1 Å². The smallest absolute Gasteiger partial charge is 0.220 e. The Labute approximate surface area is 147 Å². The van der Waals surface area contributed by atoms with E-state index in [0.717, 1.165) is 23.1 Å². The molecule has 5 rings (SSSR count). The highest BCUT2D eigenvalue weighted by Crippen LogP contribution is 2.46. The van der Waals surface area contributed by atoms with Crippen molar-refractivity contribution in [2.45, 2.75) is 43.4 Å². The third kappa shape index (κ3) is 2.33. The van der Waals surface area contributed by atoms with Crippen LogP contribution in [0.4, 0.5) is 0 Å². The van der Waals surface area contributed by atoms with Crippen molar-refractivity contribution >= 4 is 11.7 Å². The predicted octanol–water partition coefficient (Wildman–Crippen LogP) is 3.97. The van der Waals surface area contributed by atoms with Gasteiger partial charge in [0.2, 0.25) is 5.91 Å². The Bertz CT molecular complexity index is 897. The number of carbonyl (C=O) groups excluding carboxylic acids is 2. The maximum absolute atomic E-state index is 12.6. The fraction of sp³-hybridized carbons (Fsp3) is 0.364. The molecule has 1 saturated carbocycles. The molecular weight excluding hydrogens is 310 g/mol. The van der Waals surface area contributed by atoms with E-state index in [-0.39, 0.29) is 17.1 Å². The second kappa shape index (κ2) is 5.29. The first-order valence-electron chi connectivity index (χ1n) is 9.20. The predicted molar refractivity (Wildman–Crippen MR) is 96.7 cm³/mol. The van der Waals surface area contributed by atoms with E-state index in [0.29, 0.717) is 25.3 Å². The minimum Gasteiger partial charge on any atom is -0.355 e. The van der Waals surface area contributed by atoms with Gasteiger partial charge >= 0.3 is 0 Å². The molecule has 3 aliphatic rings. The van der Waals surface area contributed by atoms with E-state index in [4.69, 9.17) is 0 Å². The number of Topliss-reactive ketones (excluding diaryl/α,β-unsaturated/α-hetero) is 1. The molecule has 2 aromatic rings. The Balaban J connectivity index is 1.63. The summed E-state index contributed by atoms with van der Waals surface area (Å²) in [6.45, 7) is 0.657. The number of ketones is 1. The standard InChI is InChI=1S/C22H21NO2/c24-20-9-10-22(12-21(25)23-13-22)19-8-7-15(11-18(19)20)17-4-2-1-3-16(17)14-5-6-14/h1-4,7-8,11,14H,5-6,9-10,12-13H2,(H,23,25). The first-order valence-corrected chi connectivity index (χ1v) is 9.20. The molecule has 2 fully saturated rings. The number of hydrogen-bond acceptors (Lipinski definition) is 2. The van der Waals surface area contributed by atoms with Gasteiger partial charge in [-0.3, -0.25) is 9.59 Å². The zero-order valence-electron chi connectivity index (χ0n) is 14.2. The Hall–Kier alpha value is -2.42. The van der Waals surface area contributed by atoms with Crippen LogP contribution in [-0.4, -0.2) is 18.2 Å². The topological polar surface area (TPSA) is 46.2 Å². The SMILES string of the molecule is O=C1CC2(CCC(=O)c3cc(-c4ccccc4C4CC4)ccc32)CN1. The average molecular weight is 331 g/mol. The number of amides is 1. The highest BCUT2D eigenvalue weighted by molar-refractivity contribution is 6.01. The second-order valence-corrected chi connectivity index (χ2v) is 7.78. The molecule has 3 heteroatoms. The summed E-state index contributed by atoms with van der Waals surface area (Å²) in [5.74, 6) is 0.986. The van der Waals surface area contributed by atoms with Crippen molar-refractivity contribution in [1.29, 1.82) is 0 Å². The normalized spacial score (nSPS) is 25.1. The largest absolute Gasteiger partial charge is 0.355 e. The number of fused-ring (bicyclic) bond motifs is 2. The van der Waals surface area contributed by atoms with Gasteiger partial charge in [0.05, 0.1) is 0 Å². The van der Waals surface area contributed by atoms with Crippen molar-refractivity contribution in [1.82, 2.24) is 5.32 Å². The van der Waals surface area contributed by atoms with E-state index in [1.54, 1.807) is 0 Å². The van der Waals surface area contributed by atoms with E-state index >= 15 is 0 Å². The third-order valence-corrected chi connectivity index (χ3v) is 6.13. The Morgan fingerprint density at radius 1 is 1.00 bits per heavy atom. The van der Waals surface area contributed by atoms with E-state index in [2.05, 4.69) is 47.8 Å². The Morgan fingerprint density at radius 3 is 2.60 bits per heavy atom. The first kappa shape index (κ1) is 14.9. The zero-order valence-corrected chi connectivity index (χ0v) is 14.2. The van der Waals surface area contributed by atoms with Crippen molar-refractivity contribution in [2.75, 3.05) is 6.54 Å². The summed E-state index contributed by atoms with van der Waals surface area (Å²) in [6, 6.07) is 14.9. The van der Waals surface area contributed by atoms with Gasteiger partial charge in [-0.05, 0) is 53.5 Å². The molecule has 1 aliphatic heterocycles. The van der Waals surface area contributed by atoms with Gasteiger partial charge in [-0.1, -0.05) is 36.4 Å². The fourth-order valence-corrected chi connectivity index (χ4v) is 4.60. The minimum absolute atomic E-state index is 0.100. The van der Waals surface area contributed by atoms with E-state index < -0.39 is 0 Å². The van der Waals surface area contributed by atoms with Crippen LogP contribution in [0.2, 0.25) is 0 Å². The van der Waals surface area contributed by atoms with E-state index in [1.807, 2.05) is 0 Å². The summed E-state index contributed by atoms with van der Waals surface area (Å²) in [5.41, 5.74) is 5.48. The molecule has 0 radical (unpaired) electrons. The summed E-state index contributed by atoms with van der Waals surface area (Å²) in [4.78, 5) is 24.4. The molecule has 1 unspecified atom stereocenters. The molecule has 2 aliphatic carbocycles. The van der Waals surface area contributed by atoms with Crippen LogP contribution in [-0.2, 0) is 10.2 Å². The van der Waals surface area contributed by atoms with Crippen LogP contribution in [0.3, 0.4) is 0 Å². The zero-order chi connectivity index (χ0) is 17.0. The van der Waals surface area contributed by atoms with Crippen molar-refractivity contribution in [3.05, 3.63) is 59.2 Å². The quantitative estimate of drug-likeness (QED) is 0.905. The maximum atomic E-state index is 12.6. The molecule has 126 valence electrons. The van der Waals surface area contributed by atoms with E-state index in [9.17, 15) is 9.59 Å². The maximum Gasteiger partial charge on any atom is 0.220 e. The number of hydrogen-bond donors (Lipinski definition) is 1. The summed E-state index contributed by atoms with van der Waals surface area (Å²) in [5, 5.41) is 2.96. The first-order chi connectivity index (χ1) is 12.2. The lowest BCUT2D eigenvalue weighted by Crippen LogP contribution is -2.35. The fourth-order valence-electron chi connectivity index (χ4n) is 4.60. The van der Waals surface area contributed by atoms with Crippen LogP contribution in [0, 0.1) is 0 Å². The highest BCUT2D eigenvalue weighted by atomic mass is 16.2. The Morgan fingerprint density at radius 2 is 1.84 bits per heavy atom. The van der Waals surface area contributed by atoms with Crippen molar-refractivity contribution in [3.63, 3.8) is 0 Å². The highest BCUT2D eigenvalue weighted by Gasteiger charge is 2.44. The van der Waals surface area contributed by atoms with Crippen LogP contribution in [0.1, 0.15) is 59.5 Å². The van der Waals surface area contributed by atoms with Crippen LogP contribution in [0.15, 0.2) is 42.5 Å². The molecule has 1 N–H and O–H groups in total. The van der Waals surface area contributed by atoms with Gasteiger partial charge in [-0.2, -0.15) is 0 Å². The molecule has 25 heavy (non-hydrogen) atoms. The van der Waals surface area contributed by atoms with Gasteiger partial charge in [0.1, 0.15) is 0 Å². The van der Waals surface area contributed by atoms with Gasteiger partial charge in [-0.15, -0.1) is 0 Å². The number of carbonyl (C=O) groups is 2. The lowest BCUT2D eigenvalue weighted by atomic mass is 9.68. The molecule has 1 atom stereocenters. The molecular formula is C22H21NO2. The summed E-state index contributed by atoms with van der Waals surface area (Å²) >= 11 is 0. The lowest BCUT2D eigenvalue weighted by molar-refractivity contribution is -0.119. The number of nitrogens with one attached hydrogen (secondary N) is 1. The molecule has 3 nitrogen and oxygen atoms in total. The third-order valence-electron chi connectivity index (χ3n) is 6.13. The molecule has 0 aromatic heterocycles. The van der Waals surface area contributed by atoms with Gasteiger partial charge in [0.15, 0.2) is 5.78 Å². The van der Waals surface area contributed by atoms with Gasteiger partial charge in [0, 0.05) is 30.4 Å². The summed E-state index contributed by atoms with van der Waals surface area (Å²) in [6.07, 6.45) is 4.34. The van der Waals surface area contributed by atoms with Gasteiger partial charge in [0.25, 0.3) is 0 Å². The van der Waals surface area contributed by atoms with Crippen molar-refractivity contribution in [3.8, 4) is 11.1 Å². The van der Waals surface area contributed by atoms with Crippen LogP contribution >= 0.6 is 0 Å². The molecule has 1 saturated heterocycles. The van der Waals surface area contributed by atoms with Crippen molar-refractivity contribution in [2.24, 2.45) is 0 Å². The average Bonchev–Trinajstić information content (AvgIpc) is 3.42. The second-order valence-electron chi connectivity index (χ2n) is 7.78. The monoisotopic (exact) mass is 331 g/mol.